The van der Waals surface area contributed by atoms with Crippen molar-refractivity contribution in [1.82, 2.24) is 9.97 Å². The van der Waals surface area contributed by atoms with E-state index in [0.717, 1.165) is 0 Å². The molecule has 0 unspecified atom stereocenters. The van der Waals surface area contributed by atoms with Gasteiger partial charge in [-0.3, -0.25) is 0 Å². The van der Waals surface area contributed by atoms with Gasteiger partial charge in [0.15, 0.2) is 5.82 Å². The van der Waals surface area contributed by atoms with Crippen molar-refractivity contribution in [1.29, 1.82) is 0 Å². The summed E-state index contributed by atoms with van der Waals surface area (Å²) in [5.41, 5.74) is 0.611. The highest BCUT2D eigenvalue weighted by Gasteiger charge is 2.09. The zero-order chi connectivity index (χ0) is 14.5. The molecule has 0 saturated heterocycles. The average molecular weight is 313 g/mol. The number of para-hydroxylation sites is 1. The molecule has 2 N–H and O–H groups in total. The summed E-state index contributed by atoms with van der Waals surface area (Å²) < 4.78 is 5.05. The molecule has 1 heterocycles. The van der Waals surface area contributed by atoms with Gasteiger partial charge in [0, 0.05) is 20.2 Å². The third-order valence-electron chi connectivity index (χ3n) is 2.52. The smallest absolute Gasteiger partial charge is 0.158 e. The van der Waals surface area contributed by atoms with Gasteiger partial charge in [0.1, 0.15) is 18.2 Å². The Labute approximate surface area is 127 Å². The molecule has 5 nitrogen and oxygen atoms in total. The van der Waals surface area contributed by atoms with Crippen molar-refractivity contribution in [2.24, 2.45) is 0 Å². The van der Waals surface area contributed by atoms with Crippen LogP contribution in [0.3, 0.4) is 0 Å². The molecule has 1 aromatic carbocycles. The largest absolute Gasteiger partial charge is 0.377 e. The second-order valence-electron chi connectivity index (χ2n) is 3.96. The van der Waals surface area contributed by atoms with Crippen LogP contribution in [0.1, 0.15) is 5.82 Å². The molecule has 0 aliphatic carbocycles. The molecule has 0 aliphatic rings. The molecule has 0 aliphatic heterocycles. The van der Waals surface area contributed by atoms with E-state index in [4.69, 9.17) is 27.9 Å². The third-order valence-corrected chi connectivity index (χ3v) is 3.15. The zero-order valence-electron chi connectivity index (χ0n) is 11.1. The molecular weight excluding hydrogens is 299 g/mol. The number of halogens is 2. The summed E-state index contributed by atoms with van der Waals surface area (Å²) in [7, 11) is 3.37. The van der Waals surface area contributed by atoms with E-state index in [1.54, 1.807) is 38.4 Å². The molecule has 0 radical (unpaired) electrons. The van der Waals surface area contributed by atoms with Gasteiger partial charge >= 0.3 is 0 Å². The molecule has 7 heteroatoms. The molecular formula is C13H14Cl2N4O. The van der Waals surface area contributed by atoms with Crippen LogP contribution < -0.4 is 10.6 Å². The molecule has 0 atom stereocenters. The Balaban J connectivity index is 2.35. The molecule has 0 spiro atoms. The molecule has 0 fully saturated rings. The first-order valence-corrected chi connectivity index (χ1v) is 6.65. The Bertz CT molecular complexity index is 587. The topological polar surface area (TPSA) is 59.1 Å². The maximum atomic E-state index is 6.12. The summed E-state index contributed by atoms with van der Waals surface area (Å²) in [5.74, 6) is 1.83. The number of nitrogens with one attached hydrogen (secondary N) is 2. The number of hydrogen-bond acceptors (Lipinski definition) is 5. The van der Waals surface area contributed by atoms with Crippen LogP contribution in [0, 0.1) is 0 Å². The number of ether oxygens (including phenoxy) is 1. The second kappa shape index (κ2) is 6.74. The Morgan fingerprint density at radius 2 is 1.80 bits per heavy atom. The van der Waals surface area contributed by atoms with Crippen molar-refractivity contribution in [3.05, 3.63) is 40.1 Å². The van der Waals surface area contributed by atoms with Gasteiger partial charge in [-0.15, -0.1) is 0 Å². The minimum absolute atomic E-state index is 0.320. The Hall–Kier alpha value is -1.56. The van der Waals surface area contributed by atoms with E-state index in [1.165, 1.54) is 0 Å². The van der Waals surface area contributed by atoms with Crippen molar-refractivity contribution in [2.75, 3.05) is 24.8 Å². The van der Waals surface area contributed by atoms with Crippen molar-refractivity contribution in [2.45, 2.75) is 6.61 Å². The van der Waals surface area contributed by atoms with Gasteiger partial charge in [-0.25, -0.2) is 9.97 Å². The highest BCUT2D eigenvalue weighted by atomic mass is 35.5. The quantitative estimate of drug-likeness (QED) is 0.881. The SMILES string of the molecule is CNc1cc(Nc2c(Cl)cccc2Cl)nc(COC)n1. The number of benzene rings is 1. The minimum atomic E-state index is 0.320. The van der Waals surface area contributed by atoms with Gasteiger partial charge in [0.25, 0.3) is 0 Å². The van der Waals surface area contributed by atoms with Gasteiger partial charge in [-0.2, -0.15) is 0 Å². The van der Waals surface area contributed by atoms with Crippen LogP contribution in [0.4, 0.5) is 17.3 Å². The van der Waals surface area contributed by atoms with Gasteiger partial charge in [-0.1, -0.05) is 29.3 Å². The second-order valence-corrected chi connectivity index (χ2v) is 4.77. The molecule has 1 aromatic heterocycles. The summed E-state index contributed by atoms with van der Waals surface area (Å²) in [5, 5.41) is 7.12. The van der Waals surface area contributed by atoms with Crippen LogP contribution in [0.5, 0.6) is 0 Å². The Morgan fingerprint density at radius 1 is 1.15 bits per heavy atom. The maximum Gasteiger partial charge on any atom is 0.158 e. The fraction of sp³-hybridized carbons (Fsp3) is 0.231. The summed E-state index contributed by atoms with van der Waals surface area (Å²) in [6, 6.07) is 7.06. The predicted octanol–water partition coefficient (Wildman–Crippen LogP) is 3.72. The summed E-state index contributed by atoms with van der Waals surface area (Å²) in [4.78, 5) is 8.62. The van der Waals surface area contributed by atoms with Crippen molar-refractivity contribution >= 4 is 40.5 Å². The summed E-state index contributed by atoms with van der Waals surface area (Å²) >= 11 is 12.2. The normalized spacial score (nSPS) is 10.4. The standard InChI is InChI=1S/C13H14Cl2N4O/c1-16-10-6-11(18-12(17-10)7-20-2)19-13-8(14)4-3-5-9(13)15/h3-6H,7H2,1-2H3,(H2,16,17,18,19). The number of aromatic nitrogens is 2. The van der Waals surface area contributed by atoms with E-state index in [1.807, 2.05) is 0 Å². The van der Waals surface area contributed by atoms with Gasteiger partial charge < -0.3 is 15.4 Å². The van der Waals surface area contributed by atoms with Crippen LogP contribution in [0.2, 0.25) is 10.0 Å². The van der Waals surface area contributed by atoms with E-state index in [2.05, 4.69) is 20.6 Å². The molecule has 0 saturated carbocycles. The number of nitrogens with zero attached hydrogens (tertiary/aromatic N) is 2. The number of anilines is 3. The molecule has 2 rings (SSSR count). The van der Waals surface area contributed by atoms with Gasteiger partial charge in [0.05, 0.1) is 15.7 Å². The Kier molecular flexibility index (Phi) is 5.00. The lowest BCUT2D eigenvalue weighted by atomic mass is 10.3. The lowest BCUT2D eigenvalue weighted by molar-refractivity contribution is 0.178. The monoisotopic (exact) mass is 312 g/mol. The molecule has 106 valence electrons. The van der Waals surface area contributed by atoms with E-state index in [-0.39, 0.29) is 0 Å². The first kappa shape index (κ1) is 14.8. The highest BCUT2D eigenvalue weighted by molar-refractivity contribution is 6.39. The zero-order valence-corrected chi connectivity index (χ0v) is 12.6. The number of methoxy groups -OCH3 is 1. The van der Waals surface area contributed by atoms with Crippen molar-refractivity contribution in [3.63, 3.8) is 0 Å². The van der Waals surface area contributed by atoms with Crippen LogP contribution >= 0.6 is 23.2 Å². The van der Waals surface area contributed by atoms with Crippen LogP contribution in [0.15, 0.2) is 24.3 Å². The highest BCUT2D eigenvalue weighted by Crippen LogP contribution is 2.32. The number of hydrogen-bond donors (Lipinski definition) is 2. The Morgan fingerprint density at radius 3 is 2.40 bits per heavy atom. The minimum Gasteiger partial charge on any atom is -0.377 e. The van der Waals surface area contributed by atoms with Crippen LogP contribution in [-0.2, 0) is 11.3 Å². The maximum absolute atomic E-state index is 6.12. The average Bonchev–Trinajstić information content (AvgIpc) is 2.43. The fourth-order valence-corrected chi connectivity index (χ4v) is 2.12. The molecule has 0 amide bonds. The first-order chi connectivity index (χ1) is 9.63. The van der Waals surface area contributed by atoms with Crippen molar-refractivity contribution < 1.29 is 4.74 Å². The van der Waals surface area contributed by atoms with E-state index < -0.39 is 0 Å². The van der Waals surface area contributed by atoms with E-state index >= 15 is 0 Å². The molecule has 2 aromatic rings. The van der Waals surface area contributed by atoms with E-state index in [0.29, 0.717) is 39.8 Å². The summed E-state index contributed by atoms with van der Waals surface area (Å²) in [6.07, 6.45) is 0. The lowest BCUT2D eigenvalue weighted by Crippen LogP contribution is -2.05. The molecule has 0 bridgehead atoms. The lowest BCUT2D eigenvalue weighted by Gasteiger charge is -2.12. The fourth-order valence-electron chi connectivity index (χ4n) is 1.63. The molecule has 20 heavy (non-hydrogen) atoms. The van der Waals surface area contributed by atoms with Crippen LogP contribution in [0.25, 0.3) is 0 Å². The van der Waals surface area contributed by atoms with E-state index in [9.17, 15) is 0 Å². The predicted molar refractivity (Wildman–Crippen MR) is 82.0 cm³/mol. The van der Waals surface area contributed by atoms with Crippen LogP contribution in [-0.4, -0.2) is 24.1 Å². The number of rotatable bonds is 5. The van der Waals surface area contributed by atoms with Gasteiger partial charge in [-0.05, 0) is 12.1 Å². The first-order valence-electron chi connectivity index (χ1n) is 5.89. The third kappa shape index (κ3) is 3.50. The summed E-state index contributed by atoms with van der Waals surface area (Å²) in [6.45, 7) is 0.320. The van der Waals surface area contributed by atoms with Crippen molar-refractivity contribution in [3.8, 4) is 0 Å². The van der Waals surface area contributed by atoms with Gasteiger partial charge in [0.2, 0.25) is 0 Å².